The Bertz CT molecular complexity index is 576. The van der Waals surface area contributed by atoms with Crippen LogP contribution in [0.4, 0.5) is 0 Å². The molecule has 0 saturated carbocycles. The van der Waals surface area contributed by atoms with Crippen LogP contribution in [0.3, 0.4) is 0 Å². The van der Waals surface area contributed by atoms with Gasteiger partial charge in [0.15, 0.2) is 11.6 Å². The van der Waals surface area contributed by atoms with Gasteiger partial charge in [-0.3, -0.25) is 14.4 Å². The first-order valence-electron chi connectivity index (χ1n) is 8.53. The lowest BCUT2D eigenvalue weighted by atomic mass is 9.82. The van der Waals surface area contributed by atoms with Crippen molar-refractivity contribution in [2.45, 2.75) is 71.0 Å². The van der Waals surface area contributed by atoms with Gasteiger partial charge in [0.25, 0.3) is 5.60 Å². The molecule has 2 N–H and O–H groups in total. The van der Waals surface area contributed by atoms with Gasteiger partial charge in [-0.05, 0) is 20.8 Å². The zero-order valence-corrected chi connectivity index (χ0v) is 15.8. The summed E-state index contributed by atoms with van der Waals surface area (Å²) in [6, 6.07) is 0. The van der Waals surface area contributed by atoms with E-state index < -0.39 is 55.1 Å². The Morgan fingerprint density at radius 3 is 1.44 bits per heavy atom. The fourth-order valence-electron chi connectivity index (χ4n) is 2.30. The Morgan fingerprint density at radius 2 is 1.11 bits per heavy atom. The van der Waals surface area contributed by atoms with Gasteiger partial charge in [-0.1, -0.05) is 0 Å². The van der Waals surface area contributed by atoms with Gasteiger partial charge in [-0.2, -0.15) is 0 Å². The maximum absolute atomic E-state index is 12.7. The molecule has 0 spiro atoms. The number of aliphatic hydroxyl groups is 2. The highest BCUT2D eigenvalue weighted by molar-refractivity contribution is 6.13. The minimum Gasteiger partial charge on any atom is -0.440 e. The molecule has 0 bridgehead atoms. The van der Waals surface area contributed by atoms with Crippen LogP contribution in [0.25, 0.3) is 0 Å². The molecule has 9 nitrogen and oxygen atoms in total. The molecule has 27 heavy (non-hydrogen) atoms. The lowest BCUT2D eigenvalue weighted by molar-refractivity contribution is -0.188. The SMILES string of the molecule is CC(=O)CCC(=O)OC(C(=O)CCC(C)=O)(C(=O)CCC(C)=O)C(O)CO. The average molecular weight is 386 g/mol. The van der Waals surface area contributed by atoms with E-state index in [0.29, 0.717) is 0 Å². The highest BCUT2D eigenvalue weighted by Gasteiger charge is 2.53. The fraction of sp³-hybridized carbons (Fsp3) is 0.667. The number of ether oxygens (including phenoxy) is 1. The lowest BCUT2D eigenvalue weighted by Crippen LogP contribution is -2.60. The third-order valence-corrected chi connectivity index (χ3v) is 3.83. The number of hydrogen-bond donors (Lipinski definition) is 2. The predicted octanol–water partition coefficient (Wildman–Crippen LogP) is -0.133. The van der Waals surface area contributed by atoms with Crippen molar-refractivity contribution in [3.63, 3.8) is 0 Å². The van der Waals surface area contributed by atoms with Crippen LogP contribution >= 0.6 is 0 Å². The third-order valence-electron chi connectivity index (χ3n) is 3.83. The summed E-state index contributed by atoms with van der Waals surface area (Å²) in [5.74, 6) is -4.26. The summed E-state index contributed by atoms with van der Waals surface area (Å²) >= 11 is 0. The fourth-order valence-corrected chi connectivity index (χ4v) is 2.30. The van der Waals surface area contributed by atoms with E-state index >= 15 is 0 Å². The van der Waals surface area contributed by atoms with Crippen molar-refractivity contribution < 1.29 is 43.7 Å². The van der Waals surface area contributed by atoms with Gasteiger partial charge in [-0.15, -0.1) is 0 Å². The van der Waals surface area contributed by atoms with Crippen LogP contribution in [0.5, 0.6) is 0 Å². The minimum absolute atomic E-state index is 0.201. The summed E-state index contributed by atoms with van der Waals surface area (Å²) in [7, 11) is 0. The molecular weight excluding hydrogens is 360 g/mol. The molecule has 0 aliphatic rings. The summed E-state index contributed by atoms with van der Waals surface area (Å²) in [6.07, 6.45) is -4.23. The molecule has 152 valence electrons. The molecule has 0 aromatic heterocycles. The normalized spacial score (nSPS) is 12.2. The van der Waals surface area contributed by atoms with E-state index in [2.05, 4.69) is 0 Å². The number of carbonyl (C=O) groups is 6. The van der Waals surface area contributed by atoms with E-state index in [1.807, 2.05) is 0 Å². The molecule has 0 heterocycles. The van der Waals surface area contributed by atoms with Crippen molar-refractivity contribution >= 4 is 34.9 Å². The van der Waals surface area contributed by atoms with Crippen LogP contribution in [0.15, 0.2) is 0 Å². The molecule has 0 aromatic carbocycles. The minimum atomic E-state index is -2.73. The monoisotopic (exact) mass is 386 g/mol. The van der Waals surface area contributed by atoms with Gasteiger partial charge < -0.3 is 29.3 Å². The summed E-state index contributed by atoms with van der Waals surface area (Å²) in [6.45, 7) is 2.60. The highest BCUT2D eigenvalue weighted by atomic mass is 16.6. The number of esters is 1. The number of aliphatic hydroxyl groups excluding tert-OH is 2. The van der Waals surface area contributed by atoms with Crippen molar-refractivity contribution in [1.82, 2.24) is 0 Å². The predicted molar refractivity (Wildman–Crippen MR) is 91.7 cm³/mol. The van der Waals surface area contributed by atoms with Crippen LogP contribution in [-0.4, -0.2) is 63.4 Å². The average Bonchev–Trinajstić information content (AvgIpc) is 2.59. The molecule has 0 saturated heterocycles. The zero-order valence-electron chi connectivity index (χ0n) is 15.8. The largest absolute Gasteiger partial charge is 0.440 e. The summed E-state index contributed by atoms with van der Waals surface area (Å²) < 4.78 is 5.01. The summed E-state index contributed by atoms with van der Waals surface area (Å²) in [5.41, 5.74) is -2.73. The topological polar surface area (TPSA) is 152 Å². The van der Waals surface area contributed by atoms with Gasteiger partial charge in [0.1, 0.15) is 23.5 Å². The van der Waals surface area contributed by atoms with Crippen molar-refractivity contribution in [1.29, 1.82) is 0 Å². The van der Waals surface area contributed by atoms with Crippen LogP contribution in [0, 0.1) is 0 Å². The molecule has 0 radical (unpaired) electrons. The number of Topliss-reactive ketones (excluding diaryl/α,β-unsaturated/α-hetero) is 5. The lowest BCUT2D eigenvalue weighted by Gasteiger charge is -2.34. The second kappa shape index (κ2) is 11.5. The van der Waals surface area contributed by atoms with Crippen LogP contribution in [0.2, 0.25) is 0 Å². The highest BCUT2D eigenvalue weighted by Crippen LogP contribution is 2.26. The molecule has 0 amide bonds. The second-order valence-corrected chi connectivity index (χ2v) is 6.36. The maximum atomic E-state index is 12.7. The molecular formula is C18H26O9. The molecule has 0 rings (SSSR count). The first kappa shape index (κ1) is 24.7. The Kier molecular flexibility index (Phi) is 10.5. The Balaban J connectivity index is 5.84. The van der Waals surface area contributed by atoms with Crippen molar-refractivity contribution in [2.75, 3.05) is 6.61 Å². The van der Waals surface area contributed by atoms with E-state index in [-0.39, 0.29) is 36.6 Å². The van der Waals surface area contributed by atoms with E-state index in [4.69, 9.17) is 4.74 Å². The molecule has 1 unspecified atom stereocenters. The number of carbonyl (C=O) groups excluding carboxylic acids is 6. The van der Waals surface area contributed by atoms with Crippen LogP contribution in [-0.2, 0) is 33.5 Å². The first-order valence-corrected chi connectivity index (χ1v) is 8.53. The zero-order chi connectivity index (χ0) is 21.2. The Labute approximate surface area is 157 Å². The molecule has 1 atom stereocenters. The van der Waals surface area contributed by atoms with E-state index in [9.17, 15) is 39.0 Å². The number of rotatable bonds is 14. The van der Waals surface area contributed by atoms with Gasteiger partial charge in [-0.25, -0.2) is 0 Å². The van der Waals surface area contributed by atoms with Crippen LogP contribution < -0.4 is 0 Å². The summed E-state index contributed by atoms with van der Waals surface area (Å²) in [4.78, 5) is 70.7. The Hall–Kier alpha value is -2.26. The summed E-state index contributed by atoms with van der Waals surface area (Å²) in [5, 5.41) is 19.5. The molecule has 0 aliphatic carbocycles. The van der Waals surface area contributed by atoms with E-state index in [1.54, 1.807) is 0 Å². The number of hydrogen-bond acceptors (Lipinski definition) is 9. The molecule has 9 heteroatoms. The smallest absolute Gasteiger partial charge is 0.307 e. The standard InChI is InChI=1S/C18H26O9/c1-11(20)4-7-14(23)18(16(25)10-19,15(24)8-5-12(2)21)27-17(26)9-6-13(3)22/h16,19,25H,4-10H2,1-3H3. The molecule has 0 aliphatic heterocycles. The van der Waals surface area contributed by atoms with Crippen molar-refractivity contribution in [2.24, 2.45) is 0 Å². The molecule has 0 aromatic rings. The maximum Gasteiger partial charge on any atom is 0.307 e. The van der Waals surface area contributed by atoms with Gasteiger partial charge in [0.2, 0.25) is 0 Å². The molecule has 0 fully saturated rings. The van der Waals surface area contributed by atoms with Gasteiger partial charge in [0, 0.05) is 32.1 Å². The van der Waals surface area contributed by atoms with Gasteiger partial charge in [0.05, 0.1) is 13.0 Å². The van der Waals surface area contributed by atoms with Crippen LogP contribution in [0.1, 0.15) is 59.3 Å². The Morgan fingerprint density at radius 1 is 0.741 bits per heavy atom. The van der Waals surface area contributed by atoms with Gasteiger partial charge >= 0.3 is 5.97 Å². The number of ketones is 5. The quantitative estimate of drug-likeness (QED) is 0.307. The van der Waals surface area contributed by atoms with Crippen molar-refractivity contribution in [3.8, 4) is 0 Å². The third kappa shape index (κ3) is 7.88. The van der Waals surface area contributed by atoms with Crippen molar-refractivity contribution in [3.05, 3.63) is 0 Å². The first-order chi connectivity index (χ1) is 12.5. The van der Waals surface area contributed by atoms with E-state index in [1.165, 1.54) is 20.8 Å². The van der Waals surface area contributed by atoms with E-state index in [0.717, 1.165) is 0 Å². The second-order valence-electron chi connectivity index (χ2n) is 6.36.